The Hall–Kier alpha value is -1.04. The van der Waals surface area contributed by atoms with E-state index in [1.807, 2.05) is 32.9 Å². The average Bonchev–Trinajstić information content (AvgIpc) is 2.41. The maximum Gasteiger partial charge on any atom is 0.328 e. The van der Waals surface area contributed by atoms with Crippen molar-refractivity contribution in [2.75, 3.05) is 6.61 Å². The van der Waals surface area contributed by atoms with E-state index in [2.05, 4.69) is 11.6 Å². The van der Waals surface area contributed by atoms with Crippen LogP contribution >= 0.6 is 0 Å². The SMILES string of the molecule is CCOC(=O)[C@@H](N[S+]([O-])c1c(C)cc(C)cc1C)C1(C)CCC1. The summed E-state index contributed by atoms with van der Waals surface area (Å²) in [5.41, 5.74) is 2.94. The van der Waals surface area contributed by atoms with Gasteiger partial charge in [0.1, 0.15) is 0 Å². The molecule has 0 bridgehead atoms. The zero-order valence-electron chi connectivity index (χ0n) is 14.7. The second-order valence-electron chi connectivity index (χ2n) is 6.81. The molecule has 2 atom stereocenters. The second-order valence-corrected chi connectivity index (χ2v) is 7.99. The maximum absolute atomic E-state index is 12.9. The van der Waals surface area contributed by atoms with Crippen molar-refractivity contribution in [3.05, 3.63) is 28.8 Å². The van der Waals surface area contributed by atoms with Gasteiger partial charge in [-0.15, -0.1) is 4.72 Å². The van der Waals surface area contributed by atoms with Crippen molar-refractivity contribution in [1.29, 1.82) is 0 Å². The first-order valence-electron chi connectivity index (χ1n) is 8.21. The number of benzene rings is 1. The van der Waals surface area contributed by atoms with Crippen LogP contribution in [0.1, 0.15) is 49.8 Å². The van der Waals surface area contributed by atoms with Crippen LogP contribution in [0.2, 0.25) is 0 Å². The van der Waals surface area contributed by atoms with E-state index in [-0.39, 0.29) is 11.4 Å². The van der Waals surface area contributed by atoms with Crippen molar-refractivity contribution in [3.63, 3.8) is 0 Å². The number of nitrogens with one attached hydrogen (secondary N) is 1. The molecule has 0 saturated heterocycles. The second kappa shape index (κ2) is 7.24. The number of carbonyl (C=O) groups excluding carboxylic acids is 1. The molecule has 0 spiro atoms. The van der Waals surface area contributed by atoms with E-state index in [9.17, 15) is 9.35 Å². The Morgan fingerprint density at radius 1 is 1.35 bits per heavy atom. The first-order valence-corrected chi connectivity index (χ1v) is 9.36. The van der Waals surface area contributed by atoms with Crippen molar-refractivity contribution in [2.24, 2.45) is 5.41 Å². The molecule has 5 heteroatoms. The highest BCUT2D eigenvalue weighted by Crippen LogP contribution is 2.44. The zero-order valence-corrected chi connectivity index (χ0v) is 15.5. The van der Waals surface area contributed by atoms with Gasteiger partial charge in [-0.2, -0.15) is 0 Å². The molecule has 0 aliphatic heterocycles. The molecule has 0 aromatic heterocycles. The molecular formula is C18H27NO3S. The summed E-state index contributed by atoms with van der Waals surface area (Å²) >= 11 is -1.43. The van der Waals surface area contributed by atoms with Gasteiger partial charge in [0.15, 0.2) is 10.9 Å². The third-order valence-electron chi connectivity index (χ3n) is 4.73. The minimum absolute atomic E-state index is 0.172. The Bertz CT molecular complexity index is 561. The van der Waals surface area contributed by atoms with E-state index in [0.717, 1.165) is 40.8 Å². The summed E-state index contributed by atoms with van der Waals surface area (Å²) in [6.07, 6.45) is 3.00. The molecule has 1 aromatic carbocycles. The lowest BCUT2D eigenvalue weighted by atomic mass is 9.66. The van der Waals surface area contributed by atoms with E-state index in [1.165, 1.54) is 0 Å². The van der Waals surface area contributed by atoms with E-state index >= 15 is 0 Å². The normalized spacial score (nSPS) is 18.9. The Labute approximate surface area is 142 Å². The molecule has 23 heavy (non-hydrogen) atoms. The number of hydrogen-bond acceptors (Lipinski definition) is 4. The van der Waals surface area contributed by atoms with Gasteiger partial charge in [0.2, 0.25) is 0 Å². The Balaban J connectivity index is 2.24. The Morgan fingerprint density at radius 2 is 1.91 bits per heavy atom. The Morgan fingerprint density at radius 3 is 2.35 bits per heavy atom. The van der Waals surface area contributed by atoms with Gasteiger partial charge in [-0.3, -0.25) is 4.79 Å². The lowest BCUT2D eigenvalue weighted by Crippen LogP contribution is -2.54. The van der Waals surface area contributed by atoms with Crippen LogP contribution in [0, 0.1) is 26.2 Å². The van der Waals surface area contributed by atoms with Gasteiger partial charge in [-0.1, -0.05) is 31.0 Å². The molecule has 128 valence electrons. The molecule has 4 nitrogen and oxygen atoms in total. The fourth-order valence-electron chi connectivity index (χ4n) is 3.35. The van der Waals surface area contributed by atoms with Crippen molar-refractivity contribution in [1.82, 2.24) is 4.72 Å². The molecule has 1 unspecified atom stereocenters. The highest BCUT2D eigenvalue weighted by molar-refractivity contribution is 7.89. The summed E-state index contributed by atoms with van der Waals surface area (Å²) in [6.45, 7) is 10.1. The van der Waals surface area contributed by atoms with E-state index in [0.29, 0.717) is 6.61 Å². The van der Waals surface area contributed by atoms with Crippen LogP contribution in [0.25, 0.3) is 0 Å². The molecule has 2 rings (SSSR count). The molecular weight excluding hydrogens is 310 g/mol. The smallest absolute Gasteiger partial charge is 0.328 e. The van der Waals surface area contributed by atoms with Gasteiger partial charge in [0.25, 0.3) is 0 Å². The summed E-state index contributed by atoms with van der Waals surface area (Å²) in [7, 11) is 0. The maximum atomic E-state index is 12.9. The summed E-state index contributed by atoms with van der Waals surface area (Å²) in [5.74, 6) is -0.300. The number of esters is 1. The summed E-state index contributed by atoms with van der Waals surface area (Å²) in [4.78, 5) is 13.1. The minimum Gasteiger partial charge on any atom is -0.593 e. The van der Waals surface area contributed by atoms with E-state index in [1.54, 1.807) is 6.92 Å². The summed E-state index contributed by atoms with van der Waals surface area (Å²) in [6, 6.07) is 3.51. The van der Waals surface area contributed by atoms with Crippen molar-refractivity contribution < 1.29 is 14.1 Å². The lowest BCUT2D eigenvalue weighted by Gasteiger charge is -2.43. The van der Waals surface area contributed by atoms with Crippen LogP contribution in [0.4, 0.5) is 0 Å². The van der Waals surface area contributed by atoms with E-state index in [4.69, 9.17) is 4.74 Å². The number of hydrogen-bond donors (Lipinski definition) is 1. The molecule has 1 N–H and O–H groups in total. The molecule has 0 heterocycles. The zero-order chi connectivity index (χ0) is 17.2. The minimum atomic E-state index is -1.43. The molecule has 1 aliphatic carbocycles. The van der Waals surface area contributed by atoms with Gasteiger partial charge in [-0.25, -0.2) is 0 Å². The van der Waals surface area contributed by atoms with Gasteiger partial charge in [-0.05, 0) is 46.0 Å². The highest BCUT2D eigenvalue weighted by atomic mass is 32.2. The molecule has 1 aromatic rings. The third-order valence-corrected chi connectivity index (χ3v) is 6.19. The van der Waals surface area contributed by atoms with Crippen molar-refractivity contribution >= 4 is 17.3 Å². The van der Waals surface area contributed by atoms with Gasteiger partial charge in [0, 0.05) is 11.1 Å². The van der Waals surface area contributed by atoms with Crippen molar-refractivity contribution in [3.8, 4) is 0 Å². The number of carbonyl (C=O) groups is 1. The highest BCUT2D eigenvalue weighted by Gasteiger charge is 2.47. The van der Waals surface area contributed by atoms with Crippen molar-refractivity contribution in [2.45, 2.75) is 64.8 Å². The quantitative estimate of drug-likeness (QED) is 0.639. The van der Waals surface area contributed by atoms with Crippen LogP contribution in [0.3, 0.4) is 0 Å². The first kappa shape index (κ1) is 18.3. The topological polar surface area (TPSA) is 61.4 Å². The predicted octanol–water partition coefficient (Wildman–Crippen LogP) is 3.35. The molecule has 1 fully saturated rings. The monoisotopic (exact) mass is 337 g/mol. The third kappa shape index (κ3) is 3.90. The average molecular weight is 337 g/mol. The van der Waals surface area contributed by atoms with Crippen LogP contribution in [0.15, 0.2) is 17.0 Å². The van der Waals surface area contributed by atoms with Gasteiger partial charge < -0.3 is 9.29 Å². The lowest BCUT2D eigenvalue weighted by molar-refractivity contribution is -0.150. The van der Waals surface area contributed by atoms with Crippen LogP contribution < -0.4 is 4.72 Å². The standard InChI is InChI=1S/C18H27NO3S/c1-6-22-17(20)16(18(5)8-7-9-18)19-23(21)15-13(3)10-12(2)11-14(15)4/h10-11,16,19H,6-9H2,1-5H3/t16-,23?/m1/s1. The Kier molecular flexibility index (Phi) is 5.76. The molecule has 1 saturated carbocycles. The summed E-state index contributed by atoms with van der Waals surface area (Å²) in [5, 5.41) is 0. The fourth-order valence-corrected chi connectivity index (χ4v) is 4.76. The number of rotatable bonds is 6. The molecule has 0 amide bonds. The first-order chi connectivity index (χ1) is 10.8. The fraction of sp³-hybridized carbons (Fsp3) is 0.611. The van der Waals surface area contributed by atoms with Crippen LogP contribution in [0.5, 0.6) is 0 Å². The summed E-state index contributed by atoms with van der Waals surface area (Å²) < 4.78 is 21.2. The van der Waals surface area contributed by atoms with E-state index < -0.39 is 17.4 Å². The number of ether oxygens (including phenoxy) is 1. The number of aryl methyl sites for hydroxylation is 3. The molecule has 1 aliphatic rings. The largest absolute Gasteiger partial charge is 0.593 e. The van der Waals surface area contributed by atoms with Gasteiger partial charge >= 0.3 is 5.97 Å². The van der Waals surface area contributed by atoms with Crippen LogP contribution in [-0.2, 0) is 20.9 Å². The molecule has 0 radical (unpaired) electrons. The van der Waals surface area contributed by atoms with Gasteiger partial charge in [0.05, 0.1) is 18.0 Å². The predicted molar refractivity (Wildman–Crippen MR) is 92.6 cm³/mol. The van der Waals surface area contributed by atoms with Crippen LogP contribution in [-0.4, -0.2) is 23.2 Å².